The van der Waals surface area contributed by atoms with Gasteiger partial charge in [-0.3, -0.25) is 9.78 Å². The van der Waals surface area contributed by atoms with Crippen LogP contribution in [0.15, 0.2) is 42.7 Å². The Morgan fingerprint density at radius 1 is 1.35 bits per heavy atom. The van der Waals surface area contributed by atoms with Gasteiger partial charge in [0.05, 0.1) is 17.8 Å². The summed E-state index contributed by atoms with van der Waals surface area (Å²) >= 11 is 0. The van der Waals surface area contributed by atoms with Gasteiger partial charge in [0.2, 0.25) is 5.91 Å². The first kappa shape index (κ1) is 12.8. The van der Waals surface area contributed by atoms with Gasteiger partial charge >= 0.3 is 0 Å². The Morgan fingerprint density at radius 3 is 3.05 bits per heavy atom. The van der Waals surface area contributed by atoms with Crippen LogP contribution in [0.1, 0.15) is 22.6 Å². The Bertz CT molecular complexity index is 625. The molecule has 4 nitrogen and oxygen atoms in total. The Morgan fingerprint density at radius 2 is 2.25 bits per heavy atom. The van der Waals surface area contributed by atoms with E-state index < -0.39 is 0 Å². The second kappa shape index (κ2) is 5.43. The maximum absolute atomic E-state index is 12.5. The number of hydrogen-bond acceptors (Lipinski definition) is 3. The zero-order valence-electron chi connectivity index (χ0n) is 11.4. The number of anilines is 1. The Kier molecular flexibility index (Phi) is 3.48. The van der Waals surface area contributed by atoms with Crippen LogP contribution in [0.3, 0.4) is 0 Å². The molecule has 0 saturated heterocycles. The van der Waals surface area contributed by atoms with Gasteiger partial charge < -0.3 is 10.6 Å². The minimum Gasteiger partial charge on any atom is -0.324 e. The number of benzene rings is 1. The zero-order valence-corrected chi connectivity index (χ0v) is 11.4. The van der Waals surface area contributed by atoms with Crippen molar-refractivity contribution in [3.8, 4) is 0 Å². The quantitative estimate of drug-likeness (QED) is 0.877. The Labute approximate surface area is 118 Å². The fraction of sp³-hybridized carbons (Fsp3) is 0.250. The summed E-state index contributed by atoms with van der Waals surface area (Å²) in [6.45, 7) is 3.59. The lowest BCUT2D eigenvalue weighted by Gasteiger charge is -2.26. The summed E-state index contributed by atoms with van der Waals surface area (Å²) in [4.78, 5) is 16.5. The molecule has 102 valence electrons. The van der Waals surface area contributed by atoms with Crippen molar-refractivity contribution in [2.24, 2.45) is 0 Å². The van der Waals surface area contributed by atoms with E-state index in [1.54, 1.807) is 12.4 Å². The lowest BCUT2D eigenvalue weighted by molar-refractivity contribution is -0.117. The van der Waals surface area contributed by atoms with Gasteiger partial charge in [-0.2, -0.15) is 0 Å². The molecule has 0 bridgehead atoms. The number of fused-ring (bicyclic) bond motifs is 1. The van der Waals surface area contributed by atoms with Crippen molar-refractivity contribution in [3.05, 3.63) is 59.4 Å². The third kappa shape index (κ3) is 2.42. The standard InChI is InChI=1S/C16H17N3O/c1-11-4-2-6-13-14(11)9-18-10-15(13)16(20)19-12-5-3-7-17-8-12/h2-8,15,18H,9-10H2,1H3,(H,19,20). The maximum Gasteiger partial charge on any atom is 0.233 e. The first-order chi connectivity index (χ1) is 9.75. The van der Waals surface area contributed by atoms with Gasteiger partial charge in [-0.25, -0.2) is 0 Å². The van der Waals surface area contributed by atoms with E-state index >= 15 is 0 Å². The lowest BCUT2D eigenvalue weighted by atomic mass is 9.88. The van der Waals surface area contributed by atoms with Gasteiger partial charge in [0.25, 0.3) is 0 Å². The van der Waals surface area contributed by atoms with E-state index in [9.17, 15) is 4.79 Å². The maximum atomic E-state index is 12.5. The van der Waals surface area contributed by atoms with Crippen molar-refractivity contribution in [2.75, 3.05) is 11.9 Å². The molecule has 3 rings (SSSR count). The van der Waals surface area contributed by atoms with Gasteiger partial charge in [-0.1, -0.05) is 18.2 Å². The average molecular weight is 267 g/mol. The number of amides is 1. The van der Waals surface area contributed by atoms with Crippen LogP contribution in [0.25, 0.3) is 0 Å². The van der Waals surface area contributed by atoms with Gasteiger partial charge in [0, 0.05) is 19.3 Å². The summed E-state index contributed by atoms with van der Waals surface area (Å²) in [5, 5.41) is 6.25. The molecule has 1 aliphatic heterocycles. The number of carbonyl (C=O) groups excluding carboxylic acids is 1. The van der Waals surface area contributed by atoms with Crippen molar-refractivity contribution >= 4 is 11.6 Å². The summed E-state index contributed by atoms with van der Waals surface area (Å²) in [6, 6.07) is 9.81. The average Bonchev–Trinajstić information content (AvgIpc) is 2.48. The van der Waals surface area contributed by atoms with Crippen molar-refractivity contribution in [1.82, 2.24) is 10.3 Å². The van der Waals surface area contributed by atoms with Gasteiger partial charge in [-0.05, 0) is 35.7 Å². The molecule has 20 heavy (non-hydrogen) atoms. The van der Waals surface area contributed by atoms with E-state index in [4.69, 9.17) is 0 Å². The Balaban J connectivity index is 1.86. The van der Waals surface area contributed by atoms with E-state index in [1.807, 2.05) is 18.2 Å². The van der Waals surface area contributed by atoms with Crippen LogP contribution in [0.4, 0.5) is 5.69 Å². The molecular formula is C16H17N3O. The van der Waals surface area contributed by atoms with Crippen LogP contribution in [0.5, 0.6) is 0 Å². The van der Waals surface area contributed by atoms with Crippen molar-refractivity contribution in [2.45, 2.75) is 19.4 Å². The highest BCUT2D eigenvalue weighted by molar-refractivity contribution is 5.96. The van der Waals surface area contributed by atoms with Gasteiger partial charge in [0.15, 0.2) is 0 Å². The zero-order chi connectivity index (χ0) is 13.9. The second-order valence-corrected chi connectivity index (χ2v) is 5.06. The molecule has 2 N–H and O–H groups in total. The number of pyridine rings is 1. The Hall–Kier alpha value is -2.20. The summed E-state index contributed by atoms with van der Waals surface area (Å²) in [5.41, 5.74) is 4.33. The predicted octanol–water partition coefficient (Wildman–Crippen LogP) is 2.22. The molecule has 1 aromatic heterocycles. The van der Waals surface area contributed by atoms with Crippen LogP contribution in [-0.2, 0) is 11.3 Å². The number of nitrogens with one attached hydrogen (secondary N) is 2. The molecule has 1 atom stereocenters. The smallest absolute Gasteiger partial charge is 0.233 e. The van der Waals surface area contributed by atoms with E-state index in [2.05, 4.69) is 34.7 Å². The monoisotopic (exact) mass is 267 g/mol. The van der Waals surface area contributed by atoms with Crippen LogP contribution in [-0.4, -0.2) is 17.4 Å². The first-order valence-electron chi connectivity index (χ1n) is 6.75. The molecule has 1 unspecified atom stereocenters. The molecule has 2 aromatic rings. The van der Waals surface area contributed by atoms with Gasteiger partial charge in [-0.15, -0.1) is 0 Å². The van der Waals surface area contributed by atoms with Crippen molar-refractivity contribution in [1.29, 1.82) is 0 Å². The highest BCUT2D eigenvalue weighted by Crippen LogP contribution is 2.27. The summed E-state index contributed by atoms with van der Waals surface area (Å²) < 4.78 is 0. The van der Waals surface area contributed by atoms with Gasteiger partial charge in [0.1, 0.15) is 0 Å². The first-order valence-corrected chi connectivity index (χ1v) is 6.75. The number of aromatic nitrogens is 1. The molecule has 1 amide bonds. The minimum atomic E-state index is -0.154. The molecule has 0 aliphatic carbocycles. The number of rotatable bonds is 2. The molecule has 0 saturated carbocycles. The fourth-order valence-electron chi connectivity index (χ4n) is 2.64. The SMILES string of the molecule is Cc1cccc2c1CNCC2C(=O)Nc1cccnc1. The molecule has 0 spiro atoms. The number of nitrogens with zero attached hydrogens (tertiary/aromatic N) is 1. The number of hydrogen-bond donors (Lipinski definition) is 2. The van der Waals surface area contributed by atoms with E-state index in [1.165, 1.54) is 11.1 Å². The van der Waals surface area contributed by atoms with Crippen LogP contribution in [0.2, 0.25) is 0 Å². The lowest BCUT2D eigenvalue weighted by Crippen LogP contribution is -2.35. The third-order valence-electron chi connectivity index (χ3n) is 3.72. The van der Waals surface area contributed by atoms with Crippen molar-refractivity contribution < 1.29 is 4.79 Å². The highest BCUT2D eigenvalue weighted by Gasteiger charge is 2.26. The number of aryl methyl sites for hydroxylation is 1. The van der Waals surface area contributed by atoms with E-state index in [0.717, 1.165) is 17.8 Å². The van der Waals surface area contributed by atoms with Crippen LogP contribution in [0, 0.1) is 6.92 Å². The fourth-order valence-corrected chi connectivity index (χ4v) is 2.64. The molecule has 4 heteroatoms. The van der Waals surface area contributed by atoms with Crippen LogP contribution < -0.4 is 10.6 Å². The summed E-state index contributed by atoms with van der Waals surface area (Å²) in [7, 11) is 0. The molecule has 0 fully saturated rings. The largest absolute Gasteiger partial charge is 0.324 e. The van der Waals surface area contributed by atoms with Crippen LogP contribution >= 0.6 is 0 Å². The van der Waals surface area contributed by atoms with E-state index in [-0.39, 0.29) is 11.8 Å². The summed E-state index contributed by atoms with van der Waals surface area (Å²) in [5.74, 6) is -0.143. The topological polar surface area (TPSA) is 54.0 Å². The summed E-state index contributed by atoms with van der Waals surface area (Å²) in [6.07, 6.45) is 3.35. The predicted molar refractivity (Wildman–Crippen MR) is 78.5 cm³/mol. The second-order valence-electron chi connectivity index (χ2n) is 5.06. The molecule has 1 aliphatic rings. The third-order valence-corrected chi connectivity index (χ3v) is 3.72. The highest BCUT2D eigenvalue weighted by atomic mass is 16.1. The molecular weight excluding hydrogens is 250 g/mol. The van der Waals surface area contributed by atoms with E-state index in [0.29, 0.717) is 6.54 Å². The molecule has 0 radical (unpaired) electrons. The molecule has 2 heterocycles. The van der Waals surface area contributed by atoms with Crippen molar-refractivity contribution in [3.63, 3.8) is 0 Å². The molecule has 1 aromatic carbocycles. The minimum absolute atomic E-state index is 0.0112. The normalized spacial score (nSPS) is 17.4. The number of carbonyl (C=O) groups is 1.